The van der Waals surface area contributed by atoms with Gasteiger partial charge in [0.2, 0.25) is 0 Å². The third-order valence-electron chi connectivity index (χ3n) is 5.26. The molecule has 0 aliphatic rings. The topological polar surface area (TPSA) is 118 Å². The number of nitrogens with one attached hydrogen (secondary N) is 3. The Morgan fingerprint density at radius 1 is 0.974 bits per heavy atom. The van der Waals surface area contributed by atoms with Crippen LogP contribution in [0.15, 0.2) is 70.2 Å². The summed E-state index contributed by atoms with van der Waals surface area (Å²) in [6.07, 6.45) is 3.29. The molecule has 0 heterocycles. The van der Waals surface area contributed by atoms with Crippen LogP contribution in [0, 0.1) is 6.92 Å². The average molecular weight is 616 g/mol. The van der Waals surface area contributed by atoms with Gasteiger partial charge in [0.05, 0.1) is 12.8 Å². The van der Waals surface area contributed by atoms with Gasteiger partial charge in [-0.1, -0.05) is 46.9 Å². The molecule has 11 heteroatoms. The summed E-state index contributed by atoms with van der Waals surface area (Å²) in [6, 6.07) is 17.0. The van der Waals surface area contributed by atoms with E-state index in [9.17, 15) is 14.4 Å². The normalized spacial score (nSPS) is 10.7. The van der Waals surface area contributed by atoms with Crippen LogP contribution in [-0.4, -0.2) is 37.1 Å². The summed E-state index contributed by atoms with van der Waals surface area (Å²) < 4.78 is 12.0. The van der Waals surface area contributed by atoms with E-state index >= 15 is 0 Å². The average Bonchev–Trinajstić information content (AvgIpc) is 2.91. The highest BCUT2D eigenvalue weighted by molar-refractivity contribution is 9.10. The Bertz CT molecular complexity index is 1350. The van der Waals surface area contributed by atoms with E-state index in [0.29, 0.717) is 40.1 Å². The second-order valence-corrected chi connectivity index (χ2v) is 9.71. The van der Waals surface area contributed by atoms with Crippen LogP contribution in [0.25, 0.3) is 0 Å². The number of unbranched alkanes of at least 4 members (excludes halogenated alkanes) is 1. The molecule has 0 unspecified atom stereocenters. The van der Waals surface area contributed by atoms with Gasteiger partial charge in [-0.05, 0) is 73.5 Å². The highest BCUT2D eigenvalue weighted by Gasteiger charge is 2.14. The highest BCUT2D eigenvalue weighted by atomic mass is 79.9. The third-order valence-corrected chi connectivity index (χ3v) is 5.99. The first-order valence-electron chi connectivity index (χ1n) is 12.1. The van der Waals surface area contributed by atoms with Crippen molar-refractivity contribution in [1.82, 2.24) is 5.43 Å². The molecule has 0 saturated heterocycles. The minimum absolute atomic E-state index is 0.272. The van der Waals surface area contributed by atoms with Gasteiger partial charge in [0.25, 0.3) is 5.91 Å². The van der Waals surface area contributed by atoms with Crippen molar-refractivity contribution in [3.63, 3.8) is 0 Å². The number of halogens is 2. The quantitative estimate of drug-likeness (QED) is 0.111. The van der Waals surface area contributed by atoms with Crippen molar-refractivity contribution in [2.75, 3.05) is 23.8 Å². The lowest BCUT2D eigenvalue weighted by Gasteiger charge is -2.11. The molecule has 0 saturated carbocycles. The Morgan fingerprint density at radius 3 is 2.49 bits per heavy atom. The molecule has 39 heavy (non-hydrogen) atoms. The Kier molecular flexibility index (Phi) is 11.3. The Hall–Kier alpha value is -3.89. The molecule has 3 rings (SSSR count). The molecule has 0 aliphatic heterocycles. The van der Waals surface area contributed by atoms with E-state index in [1.54, 1.807) is 60.7 Å². The number of hydrogen-bond donors (Lipinski definition) is 3. The summed E-state index contributed by atoms with van der Waals surface area (Å²) in [7, 11) is 0. The number of carbonyl (C=O) groups excluding carboxylic acids is 3. The maximum absolute atomic E-state index is 12.4. The van der Waals surface area contributed by atoms with Crippen LogP contribution < -0.4 is 25.5 Å². The minimum atomic E-state index is -0.955. The van der Waals surface area contributed by atoms with Crippen LogP contribution in [-0.2, 0) is 14.4 Å². The van der Waals surface area contributed by atoms with E-state index in [2.05, 4.69) is 44.0 Å². The number of anilines is 2. The van der Waals surface area contributed by atoms with Gasteiger partial charge in [0.1, 0.15) is 11.5 Å². The molecule has 0 aliphatic carbocycles. The summed E-state index contributed by atoms with van der Waals surface area (Å²) >= 11 is 9.37. The SMILES string of the molecule is CCCCOc1ccc(NC(=O)C(=O)N/N=C\c2cc(Br)ccc2OCC(=O)Nc2cc(Cl)ccc2C)cc1. The van der Waals surface area contributed by atoms with E-state index < -0.39 is 11.8 Å². The first-order valence-corrected chi connectivity index (χ1v) is 13.3. The first-order chi connectivity index (χ1) is 18.7. The number of amides is 3. The fourth-order valence-corrected chi connectivity index (χ4v) is 3.73. The zero-order valence-electron chi connectivity index (χ0n) is 21.4. The molecule has 0 fully saturated rings. The molecule has 204 valence electrons. The van der Waals surface area contributed by atoms with Crippen molar-refractivity contribution >= 4 is 62.8 Å². The van der Waals surface area contributed by atoms with Crippen molar-refractivity contribution in [1.29, 1.82) is 0 Å². The fourth-order valence-electron chi connectivity index (χ4n) is 3.18. The second-order valence-electron chi connectivity index (χ2n) is 8.36. The van der Waals surface area contributed by atoms with Gasteiger partial charge in [-0.25, -0.2) is 5.43 Å². The lowest BCUT2D eigenvalue weighted by molar-refractivity contribution is -0.136. The summed E-state index contributed by atoms with van der Waals surface area (Å²) in [5, 5.41) is 9.62. The van der Waals surface area contributed by atoms with Crippen LogP contribution in [0.3, 0.4) is 0 Å². The molecule has 3 N–H and O–H groups in total. The number of nitrogens with zero attached hydrogens (tertiary/aromatic N) is 1. The second kappa shape index (κ2) is 14.9. The summed E-state index contributed by atoms with van der Waals surface area (Å²) in [5.41, 5.74) is 4.54. The zero-order valence-corrected chi connectivity index (χ0v) is 23.8. The molecule has 0 bridgehead atoms. The van der Waals surface area contributed by atoms with Crippen molar-refractivity contribution in [2.45, 2.75) is 26.7 Å². The van der Waals surface area contributed by atoms with Gasteiger partial charge in [-0.3, -0.25) is 14.4 Å². The fraction of sp³-hybridized carbons (Fsp3) is 0.214. The van der Waals surface area contributed by atoms with Crippen LogP contribution >= 0.6 is 27.5 Å². The zero-order chi connectivity index (χ0) is 28.2. The van der Waals surface area contributed by atoms with Gasteiger partial charge in [-0.2, -0.15) is 5.10 Å². The van der Waals surface area contributed by atoms with Crippen molar-refractivity contribution in [3.05, 3.63) is 81.3 Å². The van der Waals surface area contributed by atoms with Crippen molar-refractivity contribution < 1.29 is 23.9 Å². The highest BCUT2D eigenvalue weighted by Crippen LogP contribution is 2.23. The van der Waals surface area contributed by atoms with Crippen LogP contribution in [0.1, 0.15) is 30.9 Å². The predicted molar refractivity (Wildman–Crippen MR) is 156 cm³/mol. The molecule has 3 aromatic carbocycles. The minimum Gasteiger partial charge on any atom is -0.494 e. The number of hydrogen-bond acceptors (Lipinski definition) is 6. The summed E-state index contributed by atoms with van der Waals surface area (Å²) in [6.45, 7) is 4.27. The van der Waals surface area contributed by atoms with Gasteiger partial charge in [0.15, 0.2) is 6.61 Å². The number of rotatable bonds is 11. The molecule has 9 nitrogen and oxygen atoms in total. The lowest BCUT2D eigenvalue weighted by atomic mass is 10.2. The van der Waals surface area contributed by atoms with Gasteiger partial charge >= 0.3 is 11.8 Å². The third kappa shape index (κ3) is 9.73. The van der Waals surface area contributed by atoms with E-state index in [4.69, 9.17) is 21.1 Å². The predicted octanol–water partition coefficient (Wildman–Crippen LogP) is 5.70. The number of ether oxygens (including phenoxy) is 2. The van der Waals surface area contributed by atoms with E-state index in [0.717, 1.165) is 22.9 Å². The maximum atomic E-state index is 12.4. The van der Waals surface area contributed by atoms with Gasteiger partial charge < -0.3 is 20.1 Å². The Morgan fingerprint density at radius 2 is 1.74 bits per heavy atom. The Labute approximate surface area is 240 Å². The Balaban J connectivity index is 1.53. The lowest BCUT2D eigenvalue weighted by Crippen LogP contribution is -2.32. The molecular weight excluding hydrogens is 588 g/mol. The van der Waals surface area contributed by atoms with Crippen molar-refractivity contribution in [2.24, 2.45) is 5.10 Å². The molecular formula is C28H28BrClN4O5. The first kappa shape index (κ1) is 29.7. The molecule has 0 aromatic heterocycles. The van der Waals surface area contributed by atoms with E-state index in [1.165, 1.54) is 6.21 Å². The van der Waals surface area contributed by atoms with E-state index in [1.807, 2.05) is 6.92 Å². The molecule has 0 atom stereocenters. The van der Waals surface area contributed by atoms with E-state index in [-0.39, 0.29) is 12.5 Å². The maximum Gasteiger partial charge on any atom is 0.329 e. The number of carbonyl (C=O) groups is 3. The summed E-state index contributed by atoms with van der Waals surface area (Å²) in [4.78, 5) is 36.8. The molecule has 0 spiro atoms. The van der Waals surface area contributed by atoms with Gasteiger partial charge in [0, 0.05) is 26.4 Å². The molecule has 0 radical (unpaired) electrons. The number of hydrazone groups is 1. The smallest absolute Gasteiger partial charge is 0.329 e. The van der Waals surface area contributed by atoms with Crippen molar-refractivity contribution in [3.8, 4) is 11.5 Å². The standard InChI is InChI=1S/C28H28BrClN4O5/c1-3-4-13-38-23-10-8-22(9-11-23)32-27(36)28(37)34-31-16-19-14-20(29)6-12-25(19)39-17-26(35)33-24-15-21(30)7-5-18(24)2/h5-12,14-16H,3-4,13,17H2,1-2H3,(H,32,36)(H,33,35)(H,34,37)/b31-16-. The van der Waals surface area contributed by atoms with Crippen LogP contribution in [0.5, 0.6) is 11.5 Å². The number of benzene rings is 3. The van der Waals surface area contributed by atoms with Crippen LogP contribution in [0.4, 0.5) is 11.4 Å². The van der Waals surface area contributed by atoms with Gasteiger partial charge in [-0.15, -0.1) is 0 Å². The van der Waals surface area contributed by atoms with Crippen LogP contribution in [0.2, 0.25) is 5.02 Å². The largest absolute Gasteiger partial charge is 0.494 e. The molecule has 3 aromatic rings. The number of aryl methyl sites for hydroxylation is 1. The monoisotopic (exact) mass is 614 g/mol. The molecule has 3 amide bonds. The summed E-state index contributed by atoms with van der Waals surface area (Å²) in [5.74, 6) is -1.19.